The van der Waals surface area contributed by atoms with Crippen LogP contribution in [0.5, 0.6) is 0 Å². The largest absolute Gasteiger partial charge is 0.371 e. The van der Waals surface area contributed by atoms with Gasteiger partial charge in [0.05, 0.1) is 17.1 Å². The number of amides is 2. The van der Waals surface area contributed by atoms with Crippen molar-refractivity contribution in [3.63, 3.8) is 0 Å². The van der Waals surface area contributed by atoms with Gasteiger partial charge in [0.1, 0.15) is 0 Å². The van der Waals surface area contributed by atoms with Gasteiger partial charge in [-0.1, -0.05) is 18.2 Å². The van der Waals surface area contributed by atoms with E-state index in [-0.39, 0.29) is 12.1 Å². The van der Waals surface area contributed by atoms with Crippen molar-refractivity contribution < 1.29 is 4.79 Å². The number of nitriles is 1. The minimum absolute atomic E-state index is 0.0183. The maximum atomic E-state index is 12.9. The molecule has 0 atom stereocenters. The summed E-state index contributed by atoms with van der Waals surface area (Å²) < 4.78 is 0. The molecule has 1 aromatic heterocycles. The van der Waals surface area contributed by atoms with Gasteiger partial charge in [0.15, 0.2) is 0 Å². The summed E-state index contributed by atoms with van der Waals surface area (Å²) in [6.45, 7) is 6.57. The number of nitrogens with zero attached hydrogens (tertiary/aromatic N) is 4. The average Bonchev–Trinajstić information content (AvgIpc) is 3.12. The lowest BCUT2D eigenvalue weighted by molar-refractivity contribution is 0.177. The molecule has 39 heavy (non-hydrogen) atoms. The van der Waals surface area contributed by atoms with Gasteiger partial charge in [-0.3, -0.25) is 4.98 Å². The molecule has 6 rings (SSSR count). The van der Waals surface area contributed by atoms with Gasteiger partial charge in [-0.2, -0.15) is 5.26 Å². The Morgan fingerprint density at radius 3 is 2.54 bits per heavy atom. The van der Waals surface area contributed by atoms with Crippen molar-refractivity contribution in [1.29, 1.82) is 5.26 Å². The Morgan fingerprint density at radius 1 is 1.00 bits per heavy atom. The first-order valence-electron chi connectivity index (χ1n) is 13.6. The van der Waals surface area contributed by atoms with Gasteiger partial charge in [-0.05, 0) is 92.8 Å². The molecule has 2 aliphatic heterocycles. The number of nitrogens with one attached hydrogen (secondary N) is 2. The SMILES string of the molecule is Cc1cc(Nc2ccc(N3CCC(N4CCc5ccccc5NC4=O)CC3)cc2)c2cc(C#N)cc(C)c2n1. The van der Waals surface area contributed by atoms with Crippen molar-refractivity contribution in [2.24, 2.45) is 0 Å². The number of urea groups is 1. The summed E-state index contributed by atoms with van der Waals surface area (Å²) in [6.07, 6.45) is 2.78. The van der Waals surface area contributed by atoms with E-state index in [9.17, 15) is 10.1 Å². The first-order chi connectivity index (χ1) is 19.0. The number of para-hydroxylation sites is 1. The minimum Gasteiger partial charge on any atom is -0.371 e. The van der Waals surface area contributed by atoms with E-state index in [0.717, 1.165) is 78.1 Å². The van der Waals surface area contributed by atoms with Crippen molar-refractivity contribution in [2.45, 2.75) is 39.2 Å². The standard InChI is InChI=1S/C32H32N6O/c1-21-17-23(20-33)19-28-30(18-22(2)34-31(21)28)35-25-7-9-26(10-8-25)37-14-12-27(13-15-37)38-16-11-24-5-3-4-6-29(24)36-32(38)39/h3-10,17-19,27H,11-16H2,1-2H3,(H,34,35)(H,36,39). The van der Waals surface area contributed by atoms with Crippen LogP contribution >= 0.6 is 0 Å². The molecule has 0 spiro atoms. The topological polar surface area (TPSA) is 84.3 Å². The molecule has 3 aromatic carbocycles. The lowest BCUT2D eigenvalue weighted by Crippen LogP contribution is -2.48. The second-order valence-electron chi connectivity index (χ2n) is 10.5. The van der Waals surface area contributed by atoms with Crippen LogP contribution in [0, 0.1) is 25.2 Å². The molecule has 2 N–H and O–H groups in total. The molecule has 4 aromatic rings. The van der Waals surface area contributed by atoms with E-state index in [2.05, 4.69) is 51.9 Å². The zero-order valence-electron chi connectivity index (χ0n) is 22.4. The van der Waals surface area contributed by atoms with Crippen LogP contribution < -0.4 is 15.5 Å². The number of benzene rings is 3. The highest BCUT2D eigenvalue weighted by atomic mass is 16.2. The lowest BCUT2D eigenvalue weighted by Gasteiger charge is -2.39. The molecular formula is C32H32N6O. The zero-order valence-corrected chi connectivity index (χ0v) is 22.4. The number of aryl methyl sites for hydroxylation is 2. The Labute approximate surface area is 229 Å². The smallest absolute Gasteiger partial charge is 0.322 e. The molecule has 0 unspecified atom stereocenters. The van der Waals surface area contributed by atoms with Gasteiger partial charge >= 0.3 is 6.03 Å². The predicted octanol–water partition coefficient (Wildman–Crippen LogP) is 6.53. The summed E-state index contributed by atoms with van der Waals surface area (Å²) in [5, 5.41) is 17.0. The van der Waals surface area contributed by atoms with E-state index in [1.165, 1.54) is 11.3 Å². The van der Waals surface area contributed by atoms with Crippen LogP contribution in [-0.2, 0) is 6.42 Å². The third kappa shape index (κ3) is 4.98. The van der Waals surface area contributed by atoms with Crippen molar-refractivity contribution >= 4 is 39.7 Å². The second kappa shape index (κ2) is 10.3. The van der Waals surface area contributed by atoms with Gasteiger partial charge in [0, 0.05) is 59.5 Å². The molecule has 2 amide bonds. The Balaban J connectivity index is 1.12. The third-order valence-electron chi connectivity index (χ3n) is 7.92. The zero-order chi connectivity index (χ0) is 26.9. The highest BCUT2D eigenvalue weighted by Gasteiger charge is 2.30. The van der Waals surface area contributed by atoms with Gasteiger partial charge in [0.2, 0.25) is 0 Å². The number of pyridine rings is 1. The monoisotopic (exact) mass is 516 g/mol. The summed E-state index contributed by atoms with van der Waals surface area (Å²) in [4.78, 5) is 22.1. The second-order valence-corrected chi connectivity index (χ2v) is 10.5. The molecule has 1 saturated heterocycles. The van der Waals surface area contributed by atoms with Crippen LogP contribution in [0.4, 0.5) is 27.5 Å². The summed E-state index contributed by atoms with van der Waals surface area (Å²) in [6, 6.07) is 24.9. The van der Waals surface area contributed by atoms with E-state index in [1.54, 1.807) is 0 Å². The highest BCUT2D eigenvalue weighted by molar-refractivity contribution is 5.96. The van der Waals surface area contributed by atoms with Gasteiger partial charge in [-0.25, -0.2) is 4.79 Å². The van der Waals surface area contributed by atoms with Crippen molar-refractivity contribution in [3.8, 4) is 6.07 Å². The number of fused-ring (bicyclic) bond motifs is 2. The lowest BCUT2D eigenvalue weighted by atomic mass is 10.0. The molecule has 0 aliphatic carbocycles. The molecule has 0 saturated carbocycles. The fourth-order valence-electron chi connectivity index (χ4n) is 5.88. The molecule has 0 radical (unpaired) electrons. The first kappa shape index (κ1) is 24.7. The van der Waals surface area contributed by atoms with E-state index >= 15 is 0 Å². The predicted molar refractivity (Wildman–Crippen MR) is 157 cm³/mol. The van der Waals surface area contributed by atoms with Crippen LogP contribution in [0.3, 0.4) is 0 Å². The highest BCUT2D eigenvalue weighted by Crippen LogP contribution is 2.31. The number of carbonyl (C=O) groups excluding carboxylic acids is 1. The van der Waals surface area contributed by atoms with E-state index in [0.29, 0.717) is 5.56 Å². The van der Waals surface area contributed by atoms with Gasteiger partial charge in [-0.15, -0.1) is 0 Å². The third-order valence-corrected chi connectivity index (χ3v) is 7.92. The Bertz CT molecular complexity index is 1580. The van der Waals surface area contributed by atoms with E-state index in [4.69, 9.17) is 4.98 Å². The minimum atomic E-state index is 0.0183. The fourth-order valence-corrected chi connectivity index (χ4v) is 5.88. The van der Waals surface area contributed by atoms with Crippen LogP contribution in [0.2, 0.25) is 0 Å². The molecule has 7 nitrogen and oxygen atoms in total. The number of aromatic nitrogens is 1. The normalized spacial score (nSPS) is 15.9. The summed E-state index contributed by atoms with van der Waals surface area (Å²) in [5.74, 6) is 0. The molecule has 1 fully saturated rings. The Kier molecular flexibility index (Phi) is 6.54. The molecule has 2 aliphatic rings. The fraction of sp³-hybridized carbons (Fsp3) is 0.281. The van der Waals surface area contributed by atoms with E-state index < -0.39 is 0 Å². The van der Waals surface area contributed by atoms with Crippen molar-refractivity contribution in [3.05, 3.63) is 89.1 Å². The maximum Gasteiger partial charge on any atom is 0.322 e. The summed E-state index contributed by atoms with van der Waals surface area (Å²) in [7, 11) is 0. The van der Waals surface area contributed by atoms with Gasteiger partial charge < -0.3 is 20.4 Å². The van der Waals surface area contributed by atoms with Crippen LogP contribution in [-0.4, -0.2) is 41.6 Å². The van der Waals surface area contributed by atoms with Gasteiger partial charge in [0.25, 0.3) is 0 Å². The number of rotatable bonds is 4. The number of hydrogen-bond donors (Lipinski definition) is 2. The molecular weight excluding hydrogens is 484 g/mol. The molecule has 0 bridgehead atoms. The number of hydrogen-bond acceptors (Lipinski definition) is 5. The number of piperidine rings is 1. The Morgan fingerprint density at radius 2 is 1.77 bits per heavy atom. The van der Waals surface area contributed by atoms with Crippen LogP contribution in [0.1, 0.15) is 35.2 Å². The molecule has 196 valence electrons. The molecule has 3 heterocycles. The van der Waals surface area contributed by atoms with Crippen LogP contribution in [0.25, 0.3) is 10.9 Å². The maximum absolute atomic E-state index is 12.9. The van der Waals surface area contributed by atoms with Crippen molar-refractivity contribution in [1.82, 2.24) is 9.88 Å². The summed E-state index contributed by atoms with van der Waals surface area (Å²) in [5.41, 5.74) is 8.74. The Hall–Kier alpha value is -4.57. The van der Waals surface area contributed by atoms with Crippen molar-refractivity contribution in [2.75, 3.05) is 35.2 Å². The number of anilines is 4. The first-order valence-corrected chi connectivity index (χ1v) is 13.6. The molecule has 7 heteroatoms. The van der Waals surface area contributed by atoms with Crippen LogP contribution in [0.15, 0.2) is 66.7 Å². The quantitative estimate of drug-likeness (QED) is 0.322. The van der Waals surface area contributed by atoms with E-state index in [1.807, 2.05) is 55.1 Å². The summed E-state index contributed by atoms with van der Waals surface area (Å²) >= 11 is 0. The number of carbonyl (C=O) groups is 1. The average molecular weight is 517 g/mol.